The van der Waals surface area contributed by atoms with Gasteiger partial charge in [-0.2, -0.15) is 0 Å². The van der Waals surface area contributed by atoms with Gasteiger partial charge in [0.1, 0.15) is 0 Å². The average Bonchev–Trinajstić information content (AvgIpc) is 2.45. The Balaban J connectivity index is 2.01. The third kappa shape index (κ3) is 2.23. The topological polar surface area (TPSA) is 29.5 Å². The van der Waals surface area contributed by atoms with Gasteiger partial charge in [0.25, 0.3) is 0 Å². The fourth-order valence-electron chi connectivity index (χ4n) is 3.06. The van der Waals surface area contributed by atoms with Gasteiger partial charge in [-0.1, -0.05) is 28.6 Å². The molecule has 4 heteroatoms. The minimum absolute atomic E-state index is 0.171. The van der Waals surface area contributed by atoms with Crippen LogP contribution in [0.5, 0.6) is 0 Å². The summed E-state index contributed by atoms with van der Waals surface area (Å²) in [6, 6.07) is 6.58. The van der Waals surface area contributed by atoms with Crippen molar-refractivity contribution in [3.8, 4) is 0 Å². The number of carbonyl (C=O) groups excluding carboxylic acids is 1. The molecule has 0 aromatic heterocycles. The number of hydrogen-bond donors (Lipinski definition) is 0. The van der Waals surface area contributed by atoms with E-state index in [0.717, 1.165) is 23.0 Å². The number of halogens is 1. The number of ether oxygens (including phenoxy) is 1. The minimum atomic E-state index is -0.260. The van der Waals surface area contributed by atoms with Gasteiger partial charge in [-0.05, 0) is 41.3 Å². The van der Waals surface area contributed by atoms with Crippen LogP contribution in [-0.4, -0.2) is 31.1 Å². The van der Waals surface area contributed by atoms with Gasteiger partial charge in [0.2, 0.25) is 0 Å². The molecule has 104 valence electrons. The summed E-state index contributed by atoms with van der Waals surface area (Å²) < 4.78 is 5.90. The summed E-state index contributed by atoms with van der Waals surface area (Å²) in [5.74, 6) is -0.260. The molecule has 0 amide bonds. The van der Waals surface area contributed by atoms with Gasteiger partial charge in [0, 0.05) is 17.6 Å². The summed E-state index contributed by atoms with van der Waals surface area (Å²) in [5, 5.41) is 0. The Kier molecular flexibility index (Phi) is 3.52. The van der Waals surface area contributed by atoms with E-state index in [1.807, 2.05) is 6.08 Å². The molecular weight excluding hydrogens is 318 g/mol. The predicted octanol–water partition coefficient (Wildman–Crippen LogP) is 3.02. The van der Waals surface area contributed by atoms with Crippen LogP contribution < -0.4 is 0 Å². The molecule has 0 bridgehead atoms. The highest BCUT2D eigenvalue weighted by Gasteiger charge is 2.33. The van der Waals surface area contributed by atoms with Crippen molar-refractivity contribution in [3.05, 3.63) is 57.6 Å². The minimum Gasteiger partial charge on any atom is -0.466 e. The zero-order valence-electron chi connectivity index (χ0n) is 11.4. The van der Waals surface area contributed by atoms with E-state index in [1.54, 1.807) is 0 Å². The Morgan fingerprint density at radius 1 is 1.50 bits per heavy atom. The summed E-state index contributed by atoms with van der Waals surface area (Å²) in [4.78, 5) is 14.0. The molecular formula is C16H16BrNO2. The molecule has 1 aromatic rings. The lowest BCUT2D eigenvalue weighted by Crippen LogP contribution is -2.41. The van der Waals surface area contributed by atoms with E-state index < -0.39 is 0 Å². The number of carbonyl (C=O) groups is 1. The number of rotatable bonds is 1. The maximum absolute atomic E-state index is 11.7. The van der Waals surface area contributed by atoms with E-state index in [0.29, 0.717) is 12.1 Å². The molecule has 2 heterocycles. The van der Waals surface area contributed by atoms with E-state index >= 15 is 0 Å². The first-order valence-corrected chi connectivity index (χ1v) is 7.39. The van der Waals surface area contributed by atoms with Crippen LogP contribution in [0.25, 0.3) is 0 Å². The maximum atomic E-state index is 11.7. The molecule has 0 N–H and O–H groups in total. The van der Waals surface area contributed by atoms with Crippen molar-refractivity contribution in [3.63, 3.8) is 0 Å². The highest BCUT2D eigenvalue weighted by Crippen LogP contribution is 2.39. The SMILES string of the molecule is C=C1C=C(C(=O)OC)CN2CCc3ccc(Br)cc3C12. The maximum Gasteiger partial charge on any atom is 0.335 e. The van der Waals surface area contributed by atoms with Crippen molar-refractivity contribution < 1.29 is 9.53 Å². The van der Waals surface area contributed by atoms with Gasteiger partial charge >= 0.3 is 5.97 Å². The second-order valence-corrected chi connectivity index (χ2v) is 6.12. The predicted molar refractivity (Wildman–Crippen MR) is 81.4 cm³/mol. The van der Waals surface area contributed by atoms with Crippen LogP contribution >= 0.6 is 15.9 Å². The van der Waals surface area contributed by atoms with Crippen LogP contribution in [0.15, 0.2) is 46.5 Å². The molecule has 3 nitrogen and oxygen atoms in total. The first-order chi connectivity index (χ1) is 9.60. The summed E-state index contributed by atoms with van der Waals surface area (Å²) in [6.07, 6.45) is 2.88. The zero-order valence-corrected chi connectivity index (χ0v) is 12.9. The summed E-state index contributed by atoms with van der Waals surface area (Å²) in [7, 11) is 1.42. The van der Waals surface area contributed by atoms with E-state index in [4.69, 9.17) is 4.74 Å². The van der Waals surface area contributed by atoms with Crippen LogP contribution in [0.2, 0.25) is 0 Å². The number of hydrogen-bond acceptors (Lipinski definition) is 3. The Morgan fingerprint density at radius 2 is 2.30 bits per heavy atom. The lowest BCUT2D eigenvalue weighted by atomic mass is 9.85. The Bertz CT molecular complexity index is 621. The Hall–Kier alpha value is -1.39. The molecule has 3 rings (SSSR count). The highest BCUT2D eigenvalue weighted by molar-refractivity contribution is 9.10. The number of nitrogens with zero attached hydrogens (tertiary/aromatic N) is 1. The smallest absolute Gasteiger partial charge is 0.335 e. The largest absolute Gasteiger partial charge is 0.466 e. The number of methoxy groups -OCH3 is 1. The van der Waals surface area contributed by atoms with E-state index in [-0.39, 0.29) is 12.0 Å². The summed E-state index contributed by atoms with van der Waals surface area (Å²) in [5.41, 5.74) is 4.30. The molecule has 1 aromatic carbocycles. The average molecular weight is 334 g/mol. The molecule has 0 fully saturated rings. The molecule has 2 aliphatic heterocycles. The zero-order chi connectivity index (χ0) is 14.3. The van der Waals surface area contributed by atoms with Crippen LogP contribution in [-0.2, 0) is 16.0 Å². The van der Waals surface area contributed by atoms with Gasteiger partial charge in [0.15, 0.2) is 0 Å². The van der Waals surface area contributed by atoms with Gasteiger partial charge in [-0.25, -0.2) is 4.79 Å². The van der Waals surface area contributed by atoms with Crippen molar-refractivity contribution in [2.24, 2.45) is 0 Å². The number of esters is 1. The van der Waals surface area contributed by atoms with Crippen LogP contribution in [0.4, 0.5) is 0 Å². The van der Waals surface area contributed by atoms with Gasteiger partial charge in [-0.3, -0.25) is 4.90 Å². The first-order valence-electron chi connectivity index (χ1n) is 6.60. The van der Waals surface area contributed by atoms with E-state index in [1.165, 1.54) is 18.2 Å². The van der Waals surface area contributed by atoms with Gasteiger partial charge < -0.3 is 4.74 Å². The third-order valence-corrected chi connectivity index (χ3v) is 4.46. The van der Waals surface area contributed by atoms with Crippen molar-refractivity contribution in [2.45, 2.75) is 12.5 Å². The molecule has 0 saturated carbocycles. The first kappa shape index (κ1) is 13.6. The standard InChI is InChI=1S/C16H16BrNO2/c1-10-7-12(16(19)20-2)9-18-6-5-11-3-4-13(17)8-14(11)15(10)18/h3-4,7-8,15H,1,5-6,9H2,2H3. The lowest BCUT2D eigenvalue weighted by Gasteiger charge is -2.40. The normalized spacial score (nSPS) is 21.8. The number of fused-ring (bicyclic) bond motifs is 3. The Labute approximate surface area is 127 Å². The molecule has 0 spiro atoms. The van der Waals surface area contributed by atoms with Crippen molar-refractivity contribution in [1.82, 2.24) is 4.90 Å². The molecule has 2 aliphatic rings. The van der Waals surface area contributed by atoms with Crippen molar-refractivity contribution >= 4 is 21.9 Å². The summed E-state index contributed by atoms with van der Waals surface area (Å²) in [6.45, 7) is 5.72. The van der Waals surface area contributed by atoms with Gasteiger partial charge in [0.05, 0.1) is 18.7 Å². The third-order valence-electron chi connectivity index (χ3n) is 3.97. The number of benzene rings is 1. The van der Waals surface area contributed by atoms with Crippen LogP contribution in [0.3, 0.4) is 0 Å². The van der Waals surface area contributed by atoms with Gasteiger partial charge in [-0.15, -0.1) is 0 Å². The second-order valence-electron chi connectivity index (χ2n) is 5.20. The molecule has 0 aliphatic carbocycles. The highest BCUT2D eigenvalue weighted by atomic mass is 79.9. The fourth-order valence-corrected chi connectivity index (χ4v) is 3.44. The van der Waals surface area contributed by atoms with Crippen LogP contribution in [0, 0.1) is 0 Å². The molecule has 1 unspecified atom stereocenters. The Morgan fingerprint density at radius 3 is 3.05 bits per heavy atom. The summed E-state index contributed by atoms with van der Waals surface area (Å²) >= 11 is 3.54. The van der Waals surface area contributed by atoms with Crippen LogP contribution in [0.1, 0.15) is 17.2 Å². The quantitative estimate of drug-likeness (QED) is 0.740. The van der Waals surface area contributed by atoms with Crippen molar-refractivity contribution in [1.29, 1.82) is 0 Å². The monoisotopic (exact) mass is 333 g/mol. The lowest BCUT2D eigenvalue weighted by molar-refractivity contribution is -0.136. The van der Waals surface area contributed by atoms with E-state index in [9.17, 15) is 4.79 Å². The molecule has 0 saturated heterocycles. The second kappa shape index (κ2) is 5.19. The molecule has 0 radical (unpaired) electrons. The molecule has 1 atom stereocenters. The fraction of sp³-hybridized carbons (Fsp3) is 0.312. The van der Waals surface area contributed by atoms with E-state index in [2.05, 4.69) is 45.6 Å². The molecule has 20 heavy (non-hydrogen) atoms. The van der Waals surface area contributed by atoms with Crippen molar-refractivity contribution in [2.75, 3.05) is 20.2 Å².